The van der Waals surface area contributed by atoms with Crippen LogP contribution in [-0.4, -0.2) is 34.9 Å². The first-order valence-corrected chi connectivity index (χ1v) is 7.45. The molecule has 0 unspecified atom stereocenters. The van der Waals surface area contributed by atoms with Crippen molar-refractivity contribution in [3.05, 3.63) is 40.0 Å². The molecule has 1 fully saturated rings. The van der Waals surface area contributed by atoms with Crippen molar-refractivity contribution in [1.82, 2.24) is 9.88 Å². The lowest BCUT2D eigenvalue weighted by Gasteiger charge is -2.17. The van der Waals surface area contributed by atoms with E-state index in [1.807, 2.05) is 36.1 Å². The Morgan fingerprint density at radius 1 is 1.45 bits per heavy atom. The maximum Gasteiger partial charge on any atom is 0.254 e. The minimum atomic E-state index is 0.0477. The molecule has 1 aliphatic heterocycles. The summed E-state index contributed by atoms with van der Waals surface area (Å²) in [5.74, 6) is 0.0477. The summed E-state index contributed by atoms with van der Waals surface area (Å²) in [6, 6.07) is 7.78. The number of fused-ring (bicyclic) bond motifs is 1. The molecule has 0 aliphatic carbocycles. The van der Waals surface area contributed by atoms with Crippen molar-refractivity contribution in [2.45, 2.75) is 19.4 Å². The third-order valence-electron chi connectivity index (χ3n) is 3.64. The van der Waals surface area contributed by atoms with E-state index in [0.29, 0.717) is 12.1 Å². The summed E-state index contributed by atoms with van der Waals surface area (Å²) < 4.78 is 0.947. The zero-order valence-corrected chi connectivity index (χ0v) is 12.9. The van der Waals surface area contributed by atoms with E-state index < -0.39 is 0 Å². The molecule has 1 aliphatic rings. The Bertz CT molecular complexity index is 686. The first kappa shape index (κ1) is 13.5. The van der Waals surface area contributed by atoms with Crippen LogP contribution in [0.3, 0.4) is 0 Å². The molecular formula is C15H16BrN3O. The summed E-state index contributed by atoms with van der Waals surface area (Å²) >= 11 is 3.45. The maximum absolute atomic E-state index is 12.7. The Hall–Kier alpha value is -1.46. The maximum atomic E-state index is 12.7. The molecule has 20 heavy (non-hydrogen) atoms. The second kappa shape index (κ2) is 5.14. The van der Waals surface area contributed by atoms with Crippen LogP contribution in [0.4, 0.5) is 0 Å². The summed E-state index contributed by atoms with van der Waals surface area (Å²) in [4.78, 5) is 19.0. The molecule has 0 spiro atoms. The number of likely N-dealkylation sites (tertiary alicyclic amines) is 1. The van der Waals surface area contributed by atoms with Crippen molar-refractivity contribution in [2.24, 2.45) is 5.73 Å². The fourth-order valence-electron chi connectivity index (χ4n) is 2.65. The zero-order chi connectivity index (χ0) is 14.3. The summed E-state index contributed by atoms with van der Waals surface area (Å²) in [5.41, 5.74) is 8.31. The topological polar surface area (TPSA) is 59.2 Å². The predicted molar refractivity (Wildman–Crippen MR) is 82.7 cm³/mol. The van der Waals surface area contributed by atoms with Gasteiger partial charge in [0.1, 0.15) is 0 Å². The van der Waals surface area contributed by atoms with Crippen molar-refractivity contribution >= 4 is 32.7 Å². The SMILES string of the molecule is Cc1cc(C(=O)N2CC[C@@H](N)C2)c2cc(Br)ccc2n1. The van der Waals surface area contributed by atoms with Crippen LogP contribution in [0.5, 0.6) is 0 Å². The van der Waals surface area contributed by atoms with Crippen molar-refractivity contribution < 1.29 is 4.79 Å². The third-order valence-corrected chi connectivity index (χ3v) is 4.13. The monoisotopic (exact) mass is 333 g/mol. The number of hydrogen-bond acceptors (Lipinski definition) is 3. The van der Waals surface area contributed by atoms with Gasteiger partial charge in [-0.1, -0.05) is 15.9 Å². The molecular weight excluding hydrogens is 318 g/mol. The molecule has 4 nitrogen and oxygen atoms in total. The lowest BCUT2D eigenvalue weighted by atomic mass is 10.1. The summed E-state index contributed by atoms with van der Waals surface area (Å²) in [5, 5.41) is 0.885. The highest BCUT2D eigenvalue weighted by Crippen LogP contribution is 2.25. The molecule has 104 valence electrons. The molecule has 1 atom stereocenters. The molecule has 1 aromatic heterocycles. The largest absolute Gasteiger partial charge is 0.337 e. The average Bonchev–Trinajstić information content (AvgIpc) is 2.84. The second-order valence-corrected chi connectivity index (χ2v) is 6.19. The molecule has 0 saturated carbocycles. The fourth-order valence-corrected chi connectivity index (χ4v) is 3.01. The van der Waals surface area contributed by atoms with Crippen LogP contribution in [0, 0.1) is 6.92 Å². The van der Waals surface area contributed by atoms with Gasteiger partial charge in [-0.05, 0) is 37.6 Å². The van der Waals surface area contributed by atoms with Gasteiger partial charge in [0.05, 0.1) is 11.1 Å². The van der Waals surface area contributed by atoms with Crippen LogP contribution in [0.2, 0.25) is 0 Å². The molecule has 0 radical (unpaired) electrons. The first-order chi connectivity index (χ1) is 9.54. The number of hydrogen-bond donors (Lipinski definition) is 1. The van der Waals surface area contributed by atoms with Gasteiger partial charge in [0.15, 0.2) is 0 Å². The van der Waals surface area contributed by atoms with Crippen LogP contribution in [0.1, 0.15) is 22.5 Å². The van der Waals surface area contributed by atoms with Crippen LogP contribution in [0.25, 0.3) is 10.9 Å². The number of aromatic nitrogens is 1. The summed E-state index contributed by atoms with van der Waals surface area (Å²) in [7, 11) is 0. The summed E-state index contributed by atoms with van der Waals surface area (Å²) in [6.45, 7) is 3.28. The number of amides is 1. The van der Waals surface area contributed by atoms with Crippen LogP contribution in [-0.2, 0) is 0 Å². The number of benzene rings is 1. The van der Waals surface area contributed by atoms with Gasteiger partial charge >= 0.3 is 0 Å². The van der Waals surface area contributed by atoms with Crippen molar-refractivity contribution in [3.8, 4) is 0 Å². The second-order valence-electron chi connectivity index (χ2n) is 5.27. The van der Waals surface area contributed by atoms with Crippen molar-refractivity contribution in [3.63, 3.8) is 0 Å². The molecule has 1 aromatic carbocycles. The first-order valence-electron chi connectivity index (χ1n) is 6.66. The molecule has 0 bridgehead atoms. The van der Waals surface area contributed by atoms with Crippen LogP contribution >= 0.6 is 15.9 Å². The van der Waals surface area contributed by atoms with Crippen LogP contribution in [0.15, 0.2) is 28.7 Å². The van der Waals surface area contributed by atoms with Gasteiger partial charge < -0.3 is 10.6 Å². The zero-order valence-electron chi connectivity index (χ0n) is 11.3. The molecule has 3 rings (SSSR count). The lowest BCUT2D eigenvalue weighted by Crippen LogP contribution is -2.32. The highest BCUT2D eigenvalue weighted by atomic mass is 79.9. The number of rotatable bonds is 1. The van der Waals surface area contributed by atoms with E-state index in [1.54, 1.807) is 0 Å². The van der Waals surface area contributed by atoms with E-state index in [4.69, 9.17) is 5.73 Å². The van der Waals surface area contributed by atoms with Gasteiger partial charge in [-0.3, -0.25) is 9.78 Å². The smallest absolute Gasteiger partial charge is 0.254 e. The average molecular weight is 334 g/mol. The Kier molecular flexibility index (Phi) is 3.48. The van der Waals surface area contributed by atoms with Crippen LogP contribution < -0.4 is 5.73 Å². The number of carbonyl (C=O) groups is 1. The van der Waals surface area contributed by atoms with E-state index in [9.17, 15) is 4.79 Å². The normalized spacial score (nSPS) is 18.8. The molecule has 1 saturated heterocycles. The van der Waals surface area contributed by atoms with E-state index in [1.165, 1.54) is 0 Å². The minimum absolute atomic E-state index is 0.0477. The van der Waals surface area contributed by atoms with E-state index in [0.717, 1.165) is 34.0 Å². The molecule has 5 heteroatoms. The molecule has 2 N–H and O–H groups in total. The Morgan fingerprint density at radius 2 is 2.25 bits per heavy atom. The number of carbonyl (C=O) groups excluding carboxylic acids is 1. The standard InChI is InChI=1S/C15H16BrN3O/c1-9-6-13(15(20)19-5-4-11(17)8-19)12-7-10(16)2-3-14(12)18-9/h2-3,6-7,11H,4-5,8,17H2,1H3/t11-/m1/s1. The highest BCUT2D eigenvalue weighted by Gasteiger charge is 2.26. The van der Waals surface area contributed by atoms with E-state index in [-0.39, 0.29) is 11.9 Å². The Morgan fingerprint density at radius 3 is 2.95 bits per heavy atom. The van der Waals surface area contributed by atoms with Gasteiger partial charge in [-0.25, -0.2) is 0 Å². The van der Waals surface area contributed by atoms with Gasteiger partial charge in [0.2, 0.25) is 0 Å². The quantitative estimate of drug-likeness (QED) is 0.872. The Balaban J connectivity index is 2.10. The van der Waals surface area contributed by atoms with Gasteiger partial charge in [-0.15, -0.1) is 0 Å². The molecule has 2 heterocycles. The summed E-state index contributed by atoms with van der Waals surface area (Å²) in [6.07, 6.45) is 0.872. The minimum Gasteiger partial charge on any atom is -0.337 e. The van der Waals surface area contributed by atoms with E-state index in [2.05, 4.69) is 20.9 Å². The van der Waals surface area contributed by atoms with Crippen molar-refractivity contribution in [1.29, 1.82) is 0 Å². The lowest BCUT2D eigenvalue weighted by molar-refractivity contribution is 0.0792. The molecule has 2 aromatic rings. The number of nitrogens with two attached hydrogens (primary N) is 1. The predicted octanol–water partition coefficient (Wildman–Crippen LogP) is 2.48. The van der Waals surface area contributed by atoms with Gasteiger partial charge in [0, 0.05) is 34.7 Å². The number of aryl methyl sites for hydroxylation is 1. The van der Waals surface area contributed by atoms with Crippen molar-refractivity contribution in [2.75, 3.05) is 13.1 Å². The third kappa shape index (κ3) is 2.43. The highest BCUT2D eigenvalue weighted by molar-refractivity contribution is 9.10. The van der Waals surface area contributed by atoms with Gasteiger partial charge in [0.25, 0.3) is 5.91 Å². The fraction of sp³-hybridized carbons (Fsp3) is 0.333. The number of nitrogens with zero attached hydrogens (tertiary/aromatic N) is 2. The van der Waals surface area contributed by atoms with Gasteiger partial charge in [-0.2, -0.15) is 0 Å². The Labute approximate surface area is 126 Å². The number of pyridine rings is 1. The number of halogens is 1. The van der Waals surface area contributed by atoms with E-state index >= 15 is 0 Å². The molecule has 1 amide bonds.